The summed E-state index contributed by atoms with van der Waals surface area (Å²) in [6.07, 6.45) is 4.06. The molecule has 0 aromatic rings. The zero-order chi connectivity index (χ0) is 14.0. The minimum atomic E-state index is -2.95. The largest absolute Gasteiger partial charge is 0.316 e. The maximum Gasteiger partial charge on any atom is 0.154 e. The van der Waals surface area contributed by atoms with Crippen molar-refractivity contribution >= 4 is 9.84 Å². The van der Waals surface area contributed by atoms with Gasteiger partial charge in [0.15, 0.2) is 9.84 Å². The topological polar surface area (TPSA) is 46.2 Å². The molecular formula is C14H29NO2S. The summed E-state index contributed by atoms with van der Waals surface area (Å²) in [5.74, 6) is 0.785. The van der Waals surface area contributed by atoms with E-state index in [9.17, 15) is 8.42 Å². The third-order valence-electron chi connectivity index (χ3n) is 5.04. The van der Waals surface area contributed by atoms with Crippen LogP contribution in [0.25, 0.3) is 0 Å². The molecule has 0 heterocycles. The third kappa shape index (κ3) is 3.27. The second-order valence-electron chi connectivity index (χ2n) is 6.24. The summed E-state index contributed by atoms with van der Waals surface area (Å²) in [5, 5.41) is 3.01. The molecule has 0 saturated heterocycles. The Kier molecular flexibility index (Phi) is 5.24. The van der Waals surface area contributed by atoms with Crippen LogP contribution >= 0.6 is 0 Å². The number of rotatable bonds is 5. The van der Waals surface area contributed by atoms with Crippen molar-refractivity contribution < 1.29 is 8.42 Å². The Morgan fingerprint density at radius 3 is 2.28 bits per heavy atom. The van der Waals surface area contributed by atoms with Crippen LogP contribution in [0.4, 0.5) is 0 Å². The first kappa shape index (κ1) is 16.0. The van der Waals surface area contributed by atoms with Gasteiger partial charge in [0.05, 0.1) is 5.25 Å². The van der Waals surface area contributed by atoms with Gasteiger partial charge >= 0.3 is 0 Å². The monoisotopic (exact) mass is 275 g/mol. The Balaban J connectivity index is 2.92. The average molecular weight is 275 g/mol. The highest BCUT2D eigenvalue weighted by Crippen LogP contribution is 2.42. The van der Waals surface area contributed by atoms with Crippen molar-refractivity contribution in [2.24, 2.45) is 11.3 Å². The molecule has 1 rings (SSSR count). The van der Waals surface area contributed by atoms with Crippen LogP contribution in [0.2, 0.25) is 0 Å². The highest BCUT2D eigenvalue weighted by atomic mass is 32.2. The summed E-state index contributed by atoms with van der Waals surface area (Å²) in [6, 6.07) is 0.138. The van der Waals surface area contributed by atoms with Gasteiger partial charge < -0.3 is 5.32 Å². The van der Waals surface area contributed by atoms with E-state index in [4.69, 9.17) is 0 Å². The number of sulfone groups is 1. The zero-order valence-corrected chi connectivity index (χ0v) is 13.3. The fourth-order valence-electron chi connectivity index (χ4n) is 3.07. The molecule has 0 aromatic carbocycles. The normalized spacial score (nSPS) is 30.4. The van der Waals surface area contributed by atoms with Crippen molar-refractivity contribution in [2.75, 3.05) is 12.8 Å². The van der Waals surface area contributed by atoms with E-state index in [1.54, 1.807) is 6.92 Å². The number of hydrogen-bond acceptors (Lipinski definition) is 3. The molecule has 3 nitrogen and oxygen atoms in total. The van der Waals surface area contributed by atoms with Crippen LogP contribution in [0.3, 0.4) is 0 Å². The molecule has 3 unspecified atom stereocenters. The summed E-state index contributed by atoms with van der Waals surface area (Å²) >= 11 is 0. The summed E-state index contributed by atoms with van der Waals surface area (Å²) in [5.41, 5.74) is 0.250. The lowest BCUT2D eigenvalue weighted by atomic mass is 9.68. The minimum Gasteiger partial charge on any atom is -0.316 e. The van der Waals surface area contributed by atoms with Crippen LogP contribution in [-0.2, 0) is 9.84 Å². The quantitative estimate of drug-likeness (QED) is 0.839. The van der Waals surface area contributed by atoms with Crippen molar-refractivity contribution in [1.29, 1.82) is 0 Å². The Labute approximate surface area is 113 Å². The predicted octanol–water partition coefficient (Wildman–Crippen LogP) is 2.61. The third-order valence-corrected chi connectivity index (χ3v) is 7.29. The van der Waals surface area contributed by atoms with Gasteiger partial charge in [-0.2, -0.15) is 0 Å². The van der Waals surface area contributed by atoms with Crippen LogP contribution in [0, 0.1) is 11.3 Å². The molecule has 18 heavy (non-hydrogen) atoms. The maximum absolute atomic E-state index is 12.2. The molecule has 4 heteroatoms. The van der Waals surface area contributed by atoms with Crippen LogP contribution in [0.5, 0.6) is 0 Å². The van der Waals surface area contributed by atoms with Gasteiger partial charge in [0.1, 0.15) is 0 Å². The second kappa shape index (κ2) is 5.91. The minimum absolute atomic E-state index is 0.138. The number of hydrogen-bond donors (Lipinski definition) is 1. The van der Waals surface area contributed by atoms with Gasteiger partial charge in [0.2, 0.25) is 0 Å². The van der Waals surface area contributed by atoms with E-state index in [0.29, 0.717) is 5.92 Å². The molecule has 0 spiro atoms. The molecule has 0 radical (unpaired) electrons. The van der Waals surface area contributed by atoms with Crippen molar-refractivity contribution in [2.45, 2.75) is 64.7 Å². The Bertz CT molecular complexity index is 362. The SMILES string of the molecule is CCC(C)(C)C1CCC(NC)C(S(=O)(=O)CC)C1. The Hall–Kier alpha value is -0.0900. The van der Waals surface area contributed by atoms with Crippen LogP contribution in [0.15, 0.2) is 0 Å². The molecule has 1 N–H and O–H groups in total. The van der Waals surface area contributed by atoms with Crippen molar-refractivity contribution in [3.8, 4) is 0 Å². The fourth-order valence-corrected chi connectivity index (χ4v) is 4.80. The van der Waals surface area contributed by atoms with Gasteiger partial charge in [-0.05, 0) is 37.6 Å². The first-order chi connectivity index (χ1) is 8.28. The molecule has 1 aliphatic carbocycles. The summed E-state index contributed by atoms with van der Waals surface area (Å²) < 4.78 is 24.5. The Morgan fingerprint density at radius 1 is 1.22 bits per heavy atom. The van der Waals surface area contributed by atoms with Crippen LogP contribution < -0.4 is 5.32 Å². The van der Waals surface area contributed by atoms with E-state index in [1.807, 2.05) is 7.05 Å². The van der Waals surface area contributed by atoms with Gasteiger partial charge in [-0.25, -0.2) is 8.42 Å². The van der Waals surface area contributed by atoms with E-state index in [1.165, 1.54) is 0 Å². The van der Waals surface area contributed by atoms with E-state index in [0.717, 1.165) is 25.7 Å². The van der Waals surface area contributed by atoms with Crippen LogP contribution in [0.1, 0.15) is 53.4 Å². The average Bonchev–Trinajstić information content (AvgIpc) is 2.37. The lowest BCUT2D eigenvalue weighted by Gasteiger charge is -2.42. The number of nitrogens with one attached hydrogen (secondary N) is 1. The molecule has 108 valence electrons. The van der Waals surface area contributed by atoms with E-state index in [2.05, 4.69) is 26.1 Å². The lowest BCUT2D eigenvalue weighted by molar-refractivity contribution is 0.140. The standard InChI is InChI=1S/C14H29NO2S/c1-6-14(3,4)11-8-9-12(15-5)13(10-11)18(16,17)7-2/h11-13,15H,6-10H2,1-5H3. The molecule has 0 bridgehead atoms. The molecule has 1 aliphatic rings. The highest BCUT2D eigenvalue weighted by Gasteiger charge is 2.41. The first-order valence-corrected chi connectivity index (χ1v) is 8.88. The smallest absolute Gasteiger partial charge is 0.154 e. The van der Waals surface area contributed by atoms with Gasteiger partial charge in [0.25, 0.3) is 0 Å². The lowest BCUT2D eigenvalue weighted by Crippen LogP contribution is -2.49. The van der Waals surface area contributed by atoms with Crippen molar-refractivity contribution in [3.63, 3.8) is 0 Å². The fraction of sp³-hybridized carbons (Fsp3) is 1.00. The van der Waals surface area contributed by atoms with Gasteiger partial charge in [-0.3, -0.25) is 0 Å². The molecule has 1 saturated carbocycles. The van der Waals surface area contributed by atoms with Gasteiger partial charge in [-0.15, -0.1) is 0 Å². The second-order valence-corrected chi connectivity index (χ2v) is 8.75. The van der Waals surface area contributed by atoms with Crippen molar-refractivity contribution in [1.82, 2.24) is 5.32 Å². The van der Waals surface area contributed by atoms with Crippen LogP contribution in [-0.4, -0.2) is 32.5 Å². The predicted molar refractivity (Wildman–Crippen MR) is 77.5 cm³/mol. The first-order valence-electron chi connectivity index (χ1n) is 7.17. The van der Waals surface area contributed by atoms with Crippen molar-refractivity contribution in [3.05, 3.63) is 0 Å². The molecule has 3 atom stereocenters. The summed E-state index contributed by atoms with van der Waals surface area (Å²) in [7, 11) is -1.06. The molecular weight excluding hydrogens is 246 g/mol. The van der Waals surface area contributed by atoms with E-state index >= 15 is 0 Å². The summed E-state index contributed by atoms with van der Waals surface area (Å²) in [6.45, 7) is 8.50. The van der Waals surface area contributed by atoms with E-state index < -0.39 is 9.84 Å². The van der Waals surface area contributed by atoms with Gasteiger partial charge in [0, 0.05) is 11.8 Å². The molecule has 0 aliphatic heterocycles. The highest BCUT2D eigenvalue weighted by molar-refractivity contribution is 7.92. The van der Waals surface area contributed by atoms with E-state index in [-0.39, 0.29) is 22.5 Å². The Morgan fingerprint density at radius 2 is 1.83 bits per heavy atom. The zero-order valence-electron chi connectivity index (χ0n) is 12.5. The van der Waals surface area contributed by atoms with Gasteiger partial charge in [-0.1, -0.05) is 34.1 Å². The molecule has 1 fully saturated rings. The summed E-state index contributed by atoms with van der Waals surface area (Å²) in [4.78, 5) is 0. The molecule has 0 amide bonds. The molecule has 0 aromatic heterocycles. The maximum atomic E-state index is 12.2.